The Morgan fingerprint density at radius 2 is 2.08 bits per heavy atom. The highest BCUT2D eigenvalue weighted by Crippen LogP contribution is 2.43. The predicted octanol–water partition coefficient (Wildman–Crippen LogP) is 3.66. The number of hydrogen-bond acceptors (Lipinski definition) is 5. The first kappa shape index (κ1) is 14.3. The number of thioether (sulfide) groups is 1. The normalized spacial score (nSPS) is 25.9. The van der Waals surface area contributed by atoms with E-state index >= 15 is 0 Å². The van der Waals surface area contributed by atoms with Crippen LogP contribution in [-0.2, 0) is 0 Å². The van der Waals surface area contributed by atoms with E-state index in [-0.39, 0.29) is 0 Å². The molecule has 5 rings (SSSR count). The van der Waals surface area contributed by atoms with Crippen LogP contribution in [-0.4, -0.2) is 31.4 Å². The summed E-state index contributed by atoms with van der Waals surface area (Å²) in [7, 11) is 0. The van der Waals surface area contributed by atoms with E-state index in [0.29, 0.717) is 17.2 Å². The monoisotopic (exact) mass is 337 g/mol. The fourth-order valence-corrected chi connectivity index (χ4v) is 4.81. The molecule has 1 aromatic carbocycles. The first-order chi connectivity index (χ1) is 11.9. The summed E-state index contributed by atoms with van der Waals surface area (Å²) in [6.45, 7) is 0. The van der Waals surface area contributed by atoms with E-state index in [4.69, 9.17) is 0 Å². The van der Waals surface area contributed by atoms with Crippen LogP contribution in [0.1, 0.15) is 41.8 Å². The van der Waals surface area contributed by atoms with Crippen LogP contribution >= 0.6 is 11.8 Å². The molecule has 2 aliphatic rings. The minimum Gasteiger partial charge on any atom is -0.364 e. The molecule has 2 fully saturated rings. The number of fused-ring (bicyclic) bond motifs is 1. The molecule has 2 unspecified atom stereocenters. The van der Waals surface area contributed by atoms with Crippen LogP contribution in [0.4, 0.5) is 5.82 Å². The number of rotatable bonds is 4. The molecule has 1 N–H and O–H groups in total. The van der Waals surface area contributed by atoms with E-state index in [9.17, 15) is 0 Å². The molecule has 122 valence electrons. The molecule has 5 nitrogen and oxygen atoms in total. The largest absolute Gasteiger partial charge is 0.364 e. The van der Waals surface area contributed by atoms with Gasteiger partial charge in [-0.25, -0.2) is 4.98 Å². The van der Waals surface area contributed by atoms with Gasteiger partial charge in [0.2, 0.25) is 5.65 Å². The first-order valence-corrected chi connectivity index (χ1v) is 9.58. The standard InChI is InChI=1S/C18H19N5S/c1-2-5-12(6-3-1)13-11-14(13)20-16-18-22-21-17(15-7-4-10-24-15)23(18)9-8-19-16/h1-3,5-6,8-9,13-15H,4,7,10-11H2,(H,19,20)/t13?,14?,15-/m0/s1. The van der Waals surface area contributed by atoms with Crippen LogP contribution in [0.2, 0.25) is 0 Å². The fraction of sp³-hybridized carbons (Fsp3) is 0.389. The summed E-state index contributed by atoms with van der Waals surface area (Å²) >= 11 is 1.98. The number of nitrogens with one attached hydrogen (secondary N) is 1. The third-order valence-electron chi connectivity index (χ3n) is 4.91. The van der Waals surface area contributed by atoms with Crippen molar-refractivity contribution in [2.75, 3.05) is 11.1 Å². The maximum atomic E-state index is 4.51. The van der Waals surface area contributed by atoms with Gasteiger partial charge in [0.05, 0.1) is 5.25 Å². The third kappa shape index (κ3) is 2.45. The Labute approximate surface area is 144 Å². The average molecular weight is 337 g/mol. The molecule has 2 aromatic heterocycles. The van der Waals surface area contributed by atoms with Crippen LogP contribution in [0, 0.1) is 0 Å². The molecule has 6 heteroatoms. The number of nitrogens with zero attached hydrogens (tertiary/aromatic N) is 4. The Morgan fingerprint density at radius 1 is 1.17 bits per heavy atom. The lowest BCUT2D eigenvalue weighted by Gasteiger charge is -2.08. The third-order valence-corrected chi connectivity index (χ3v) is 6.28. The molecular weight excluding hydrogens is 318 g/mol. The van der Waals surface area contributed by atoms with Gasteiger partial charge in [-0.1, -0.05) is 30.3 Å². The summed E-state index contributed by atoms with van der Waals surface area (Å²) in [6, 6.07) is 11.1. The minimum atomic E-state index is 0.437. The van der Waals surface area contributed by atoms with E-state index < -0.39 is 0 Å². The van der Waals surface area contributed by atoms with Gasteiger partial charge in [0, 0.05) is 24.4 Å². The van der Waals surface area contributed by atoms with Crippen molar-refractivity contribution in [1.29, 1.82) is 0 Å². The zero-order valence-corrected chi connectivity index (χ0v) is 14.1. The number of benzene rings is 1. The number of anilines is 1. The molecule has 24 heavy (non-hydrogen) atoms. The molecule has 1 saturated carbocycles. The highest BCUT2D eigenvalue weighted by Gasteiger charge is 2.39. The SMILES string of the molecule is c1ccc(C2CC2Nc2nccn3c([C@@H]4CCCS4)nnc23)cc1. The first-order valence-electron chi connectivity index (χ1n) is 8.53. The summed E-state index contributed by atoms with van der Waals surface area (Å²) in [6.07, 6.45) is 7.43. The van der Waals surface area contributed by atoms with Gasteiger partial charge in [-0.3, -0.25) is 4.40 Å². The maximum Gasteiger partial charge on any atom is 0.203 e. The number of hydrogen-bond donors (Lipinski definition) is 1. The molecular formula is C18H19N5S. The van der Waals surface area contributed by atoms with Crippen molar-refractivity contribution >= 4 is 23.2 Å². The van der Waals surface area contributed by atoms with E-state index in [0.717, 1.165) is 23.7 Å². The molecule has 1 saturated heterocycles. The van der Waals surface area contributed by atoms with E-state index in [1.807, 2.05) is 24.2 Å². The summed E-state index contributed by atoms with van der Waals surface area (Å²) in [5.74, 6) is 3.70. The Hall–Kier alpha value is -2.08. The van der Waals surface area contributed by atoms with Crippen molar-refractivity contribution in [3.63, 3.8) is 0 Å². The van der Waals surface area contributed by atoms with Crippen molar-refractivity contribution in [1.82, 2.24) is 19.6 Å². The van der Waals surface area contributed by atoms with Crippen molar-refractivity contribution in [2.24, 2.45) is 0 Å². The Kier molecular flexibility index (Phi) is 3.43. The molecule has 0 amide bonds. The lowest BCUT2D eigenvalue weighted by Crippen LogP contribution is -2.08. The van der Waals surface area contributed by atoms with Gasteiger partial charge in [-0.15, -0.1) is 10.2 Å². The lowest BCUT2D eigenvalue weighted by atomic mass is 10.1. The summed E-state index contributed by atoms with van der Waals surface area (Å²) in [5.41, 5.74) is 2.24. The maximum absolute atomic E-state index is 4.51. The van der Waals surface area contributed by atoms with Crippen LogP contribution in [0.3, 0.4) is 0 Å². The fourth-order valence-electron chi connectivity index (χ4n) is 3.55. The number of aromatic nitrogens is 4. The predicted molar refractivity (Wildman–Crippen MR) is 96.4 cm³/mol. The van der Waals surface area contributed by atoms with Gasteiger partial charge in [-0.05, 0) is 30.6 Å². The minimum absolute atomic E-state index is 0.437. The topological polar surface area (TPSA) is 55.1 Å². The lowest BCUT2D eigenvalue weighted by molar-refractivity contribution is 0.765. The van der Waals surface area contributed by atoms with Gasteiger partial charge in [-0.2, -0.15) is 11.8 Å². The molecule has 3 aromatic rings. The second-order valence-electron chi connectivity index (χ2n) is 6.53. The van der Waals surface area contributed by atoms with Gasteiger partial charge < -0.3 is 5.32 Å². The quantitative estimate of drug-likeness (QED) is 0.787. The van der Waals surface area contributed by atoms with Gasteiger partial charge in [0.25, 0.3) is 0 Å². The molecule has 1 aliphatic carbocycles. The molecule has 3 heterocycles. The highest BCUT2D eigenvalue weighted by atomic mass is 32.2. The van der Waals surface area contributed by atoms with Gasteiger partial charge >= 0.3 is 0 Å². The van der Waals surface area contributed by atoms with Crippen LogP contribution in [0.5, 0.6) is 0 Å². The molecule has 1 aliphatic heterocycles. The van der Waals surface area contributed by atoms with Gasteiger partial charge in [0.15, 0.2) is 11.6 Å². The van der Waals surface area contributed by atoms with E-state index in [1.165, 1.54) is 24.2 Å². The van der Waals surface area contributed by atoms with E-state index in [2.05, 4.69) is 55.2 Å². The molecule has 0 bridgehead atoms. The summed E-state index contributed by atoms with van der Waals surface area (Å²) < 4.78 is 2.11. The second kappa shape index (κ2) is 5.77. The van der Waals surface area contributed by atoms with Crippen LogP contribution in [0.25, 0.3) is 5.65 Å². The second-order valence-corrected chi connectivity index (χ2v) is 7.84. The van der Waals surface area contributed by atoms with Crippen molar-refractivity contribution < 1.29 is 0 Å². The van der Waals surface area contributed by atoms with Crippen molar-refractivity contribution in [2.45, 2.75) is 36.5 Å². The van der Waals surface area contributed by atoms with E-state index in [1.54, 1.807) is 0 Å². The zero-order chi connectivity index (χ0) is 15.9. The highest BCUT2D eigenvalue weighted by molar-refractivity contribution is 7.99. The molecule has 0 radical (unpaired) electrons. The zero-order valence-electron chi connectivity index (χ0n) is 13.3. The molecule has 3 atom stereocenters. The smallest absolute Gasteiger partial charge is 0.203 e. The van der Waals surface area contributed by atoms with Gasteiger partial charge in [0.1, 0.15) is 0 Å². The Balaban J connectivity index is 1.40. The molecule has 0 spiro atoms. The van der Waals surface area contributed by atoms with Crippen LogP contribution < -0.4 is 5.32 Å². The Morgan fingerprint density at radius 3 is 2.92 bits per heavy atom. The summed E-state index contributed by atoms with van der Waals surface area (Å²) in [5, 5.41) is 12.9. The van der Waals surface area contributed by atoms with Crippen LogP contribution in [0.15, 0.2) is 42.7 Å². The Bertz CT molecular complexity index is 856. The van der Waals surface area contributed by atoms with Crippen molar-refractivity contribution in [3.8, 4) is 0 Å². The average Bonchev–Trinajstić information content (AvgIpc) is 3.01. The van der Waals surface area contributed by atoms with Crippen molar-refractivity contribution in [3.05, 3.63) is 54.1 Å². The summed E-state index contributed by atoms with van der Waals surface area (Å²) in [4.78, 5) is 4.51.